The molecule has 0 spiro atoms. The summed E-state index contributed by atoms with van der Waals surface area (Å²) in [7, 11) is 1.77. The van der Waals surface area contributed by atoms with Gasteiger partial charge in [-0.15, -0.1) is 0 Å². The Bertz CT molecular complexity index is 1180. The number of fused-ring (bicyclic) bond motifs is 3. The van der Waals surface area contributed by atoms with Gasteiger partial charge in [0.2, 0.25) is 5.56 Å². The maximum Gasteiger partial charge on any atom is 0.255 e. The zero-order valence-electron chi connectivity index (χ0n) is 15.4. The van der Waals surface area contributed by atoms with Crippen LogP contribution < -0.4 is 5.56 Å². The SMILES string of the molecule is CCn1c2ccccc2c2cc(CN(C)C(=O)c3ccc(=O)[nH]c3)ccc21. The molecule has 0 bridgehead atoms. The Morgan fingerprint density at radius 3 is 2.56 bits per heavy atom. The van der Waals surface area contributed by atoms with Gasteiger partial charge in [0, 0.05) is 54.2 Å². The normalized spacial score (nSPS) is 11.2. The number of pyridine rings is 1. The van der Waals surface area contributed by atoms with Gasteiger partial charge in [0.15, 0.2) is 0 Å². The molecule has 5 heteroatoms. The largest absolute Gasteiger partial charge is 0.341 e. The maximum absolute atomic E-state index is 12.6. The molecule has 0 radical (unpaired) electrons. The molecule has 0 saturated carbocycles. The Kier molecular flexibility index (Phi) is 4.28. The first kappa shape index (κ1) is 17.1. The molecule has 0 aliphatic carbocycles. The Morgan fingerprint density at radius 2 is 1.81 bits per heavy atom. The number of carbonyl (C=O) groups excluding carboxylic acids is 1. The average molecular weight is 359 g/mol. The molecule has 1 N–H and O–H groups in total. The highest BCUT2D eigenvalue weighted by Crippen LogP contribution is 2.30. The van der Waals surface area contributed by atoms with Crippen LogP contribution in [0.1, 0.15) is 22.8 Å². The van der Waals surface area contributed by atoms with Crippen molar-refractivity contribution in [3.05, 3.63) is 82.3 Å². The predicted molar refractivity (Wildman–Crippen MR) is 108 cm³/mol. The second kappa shape index (κ2) is 6.76. The molecule has 5 nitrogen and oxygen atoms in total. The van der Waals surface area contributed by atoms with Gasteiger partial charge in [-0.2, -0.15) is 0 Å². The van der Waals surface area contributed by atoms with Crippen molar-refractivity contribution in [1.29, 1.82) is 0 Å². The summed E-state index contributed by atoms with van der Waals surface area (Å²) in [6.07, 6.45) is 1.46. The van der Waals surface area contributed by atoms with E-state index in [1.165, 1.54) is 34.1 Å². The van der Waals surface area contributed by atoms with Gasteiger partial charge in [-0.1, -0.05) is 24.3 Å². The van der Waals surface area contributed by atoms with Gasteiger partial charge in [-0.3, -0.25) is 9.59 Å². The van der Waals surface area contributed by atoms with Gasteiger partial charge in [-0.25, -0.2) is 0 Å². The fourth-order valence-corrected chi connectivity index (χ4v) is 3.65. The summed E-state index contributed by atoms with van der Waals surface area (Å²) < 4.78 is 2.31. The molecule has 0 unspecified atom stereocenters. The van der Waals surface area contributed by atoms with Crippen LogP contribution in [0.5, 0.6) is 0 Å². The van der Waals surface area contributed by atoms with E-state index >= 15 is 0 Å². The van der Waals surface area contributed by atoms with Crippen LogP contribution in [0.25, 0.3) is 21.8 Å². The summed E-state index contributed by atoms with van der Waals surface area (Å²) in [6, 6.07) is 17.7. The highest BCUT2D eigenvalue weighted by molar-refractivity contribution is 6.08. The number of nitrogens with one attached hydrogen (secondary N) is 1. The lowest BCUT2D eigenvalue weighted by atomic mass is 10.1. The lowest BCUT2D eigenvalue weighted by Crippen LogP contribution is -2.26. The zero-order chi connectivity index (χ0) is 19.0. The third-order valence-corrected chi connectivity index (χ3v) is 4.95. The highest BCUT2D eigenvalue weighted by Gasteiger charge is 2.14. The number of para-hydroxylation sites is 1. The minimum Gasteiger partial charge on any atom is -0.341 e. The first-order valence-corrected chi connectivity index (χ1v) is 9.02. The molecule has 4 rings (SSSR count). The molecule has 2 aromatic heterocycles. The first-order chi connectivity index (χ1) is 13.1. The van der Waals surface area contributed by atoms with Gasteiger partial charge in [0.25, 0.3) is 5.91 Å². The van der Waals surface area contributed by atoms with E-state index < -0.39 is 0 Å². The van der Waals surface area contributed by atoms with Crippen LogP contribution in [0.4, 0.5) is 0 Å². The molecule has 0 aliphatic heterocycles. The number of hydrogen-bond donors (Lipinski definition) is 1. The van der Waals surface area contributed by atoms with Crippen molar-refractivity contribution < 1.29 is 4.79 Å². The van der Waals surface area contributed by atoms with E-state index in [0.29, 0.717) is 12.1 Å². The molecule has 136 valence electrons. The summed E-state index contributed by atoms with van der Waals surface area (Å²) in [6.45, 7) is 3.56. The average Bonchev–Trinajstić information content (AvgIpc) is 3.01. The van der Waals surface area contributed by atoms with E-state index in [1.54, 1.807) is 18.0 Å². The quantitative estimate of drug-likeness (QED) is 0.603. The Hall–Kier alpha value is -3.34. The van der Waals surface area contributed by atoms with Crippen molar-refractivity contribution in [3.63, 3.8) is 0 Å². The summed E-state index contributed by atoms with van der Waals surface area (Å²) >= 11 is 0. The molecule has 0 aliphatic rings. The van der Waals surface area contributed by atoms with E-state index in [4.69, 9.17) is 0 Å². The summed E-state index contributed by atoms with van der Waals surface area (Å²) in [4.78, 5) is 28.0. The van der Waals surface area contributed by atoms with Crippen LogP contribution in [-0.4, -0.2) is 27.4 Å². The fourth-order valence-electron chi connectivity index (χ4n) is 3.65. The highest BCUT2D eigenvalue weighted by atomic mass is 16.2. The molecule has 0 fully saturated rings. The van der Waals surface area contributed by atoms with E-state index in [2.05, 4.69) is 58.9 Å². The van der Waals surface area contributed by atoms with E-state index in [-0.39, 0.29) is 11.5 Å². The molecule has 2 heterocycles. The standard InChI is InChI=1S/C22H21N3O2/c1-3-25-19-7-5-4-6-17(19)18-12-15(8-10-20(18)25)14-24(2)22(27)16-9-11-21(26)23-13-16/h4-13H,3,14H2,1-2H3,(H,23,26). The lowest BCUT2D eigenvalue weighted by Gasteiger charge is -2.17. The number of benzene rings is 2. The van der Waals surface area contributed by atoms with Crippen LogP contribution in [0, 0.1) is 0 Å². The summed E-state index contributed by atoms with van der Waals surface area (Å²) in [5.41, 5.74) is 3.76. The van der Waals surface area contributed by atoms with E-state index in [1.807, 2.05) is 0 Å². The fraction of sp³-hybridized carbons (Fsp3) is 0.182. The van der Waals surface area contributed by atoms with Crippen molar-refractivity contribution >= 4 is 27.7 Å². The zero-order valence-corrected chi connectivity index (χ0v) is 15.4. The molecular weight excluding hydrogens is 338 g/mol. The molecule has 4 aromatic rings. The monoisotopic (exact) mass is 359 g/mol. The maximum atomic E-state index is 12.6. The smallest absolute Gasteiger partial charge is 0.255 e. The van der Waals surface area contributed by atoms with E-state index in [9.17, 15) is 9.59 Å². The molecule has 27 heavy (non-hydrogen) atoms. The Morgan fingerprint density at radius 1 is 1.04 bits per heavy atom. The minimum atomic E-state index is -0.216. The third-order valence-electron chi connectivity index (χ3n) is 4.95. The van der Waals surface area contributed by atoms with Crippen molar-refractivity contribution in [1.82, 2.24) is 14.5 Å². The van der Waals surface area contributed by atoms with Gasteiger partial charge < -0.3 is 14.5 Å². The number of H-pyrrole nitrogens is 1. The molecule has 2 aromatic carbocycles. The molecule has 1 amide bonds. The van der Waals surface area contributed by atoms with Crippen LogP contribution in [-0.2, 0) is 13.1 Å². The Labute approximate surface area is 156 Å². The summed E-state index contributed by atoms with van der Waals surface area (Å²) in [5, 5.41) is 2.43. The van der Waals surface area contributed by atoms with Gasteiger partial charge in [0.05, 0.1) is 5.56 Å². The second-order valence-corrected chi connectivity index (χ2v) is 6.72. The van der Waals surface area contributed by atoms with Crippen LogP contribution in [0.3, 0.4) is 0 Å². The van der Waals surface area contributed by atoms with Crippen molar-refractivity contribution in [2.24, 2.45) is 0 Å². The van der Waals surface area contributed by atoms with Crippen molar-refractivity contribution in [3.8, 4) is 0 Å². The van der Waals surface area contributed by atoms with E-state index in [0.717, 1.165) is 12.1 Å². The minimum absolute atomic E-state index is 0.123. The van der Waals surface area contributed by atoms with Crippen LogP contribution in [0.15, 0.2) is 65.6 Å². The predicted octanol–water partition coefficient (Wildman–Crippen LogP) is 3.77. The van der Waals surface area contributed by atoms with Crippen LogP contribution >= 0.6 is 0 Å². The number of rotatable bonds is 4. The number of amides is 1. The van der Waals surface area contributed by atoms with Crippen molar-refractivity contribution in [2.45, 2.75) is 20.0 Å². The molecule has 0 atom stereocenters. The third kappa shape index (κ3) is 3.01. The van der Waals surface area contributed by atoms with Gasteiger partial charge >= 0.3 is 0 Å². The number of aromatic amines is 1. The Balaban J connectivity index is 1.68. The van der Waals surface area contributed by atoms with Gasteiger partial charge in [0.1, 0.15) is 0 Å². The number of nitrogens with zero attached hydrogens (tertiary/aromatic N) is 2. The van der Waals surface area contributed by atoms with Crippen molar-refractivity contribution in [2.75, 3.05) is 7.05 Å². The number of carbonyl (C=O) groups is 1. The summed E-state index contributed by atoms with van der Waals surface area (Å²) in [5.74, 6) is -0.123. The second-order valence-electron chi connectivity index (χ2n) is 6.72. The number of aryl methyl sites for hydroxylation is 1. The van der Waals surface area contributed by atoms with Gasteiger partial charge in [-0.05, 0) is 36.8 Å². The first-order valence-electron chi connectivity index (χ1n) is 9.02. The van der Waals surface area contributed by atoms with Crippen LogP contribution in [0.2, 0.25) is 0 Å². The number of hydrogen-bond acceptors (Lipinski definition) is 2. The molecular formula is C22H21N3O2. The molecule has 0 saturated heterocycles. The number of aromatic nitrogens is 2. The topological polar surface area (TPSA) is 58.1 Å². The lowest BCUT2D eigenvalue weighted by molar-refractivity contribution is 0.0784.